The van der Waals surface area contributed by atoms with Gasteiger partial charge in [-0.25, -0.2) is 0 Å². The van der Waals surface area contributed by atoms with Gasteiger partial charge in [-0.15, -0.1) is 11.3 Å². The largest absolute Gasteiger partial charge is 0.456 e. The summed E-state index contributed by atoms with van der Waals surface area (Å²) in [6.07, 6.45) is 0. The van der Waals surface area contributed by atoms with Crippen molar-refractivity contribution in [3.63, 3.8) is 0 Å². The van der Waals surface area contributed by atoms with Crippen LogP contribution in [0.3, 0.4) is 0 Å². The number of hydrogen-bond donors (Lipinski definition) is 1. The molecular weight excluding hydrogens is 796 g/mol. The van der Waals surface area contributed by atoms with E-state index < -0.39 is 0 Å². The Morgan fingerprint density at radius 2 is 1.31 bits per heavy atom. The summed E-state index contributed by atoms with van der Waals surface area (Å²) in [5, 5.41) is 11.7. The van der Waals surface area contributed by atoms with E-state index in [2.05, 4.69) is 205 Å². The van der Waals surface area contributed by atoms with Gasteiger partial charge in [0.15, 0.2) is 7.28 Å². The Bertz CT molecular complexity index is 3830. The first-order chi connectivity index (χ1) is 30.7. The summed E-state index contributed by atoms with van der Waals surface area (Å²) >= 11 is 1.90. The molecule has 0 saturated heterocycles. The van der Waals surface area contributed by atoms with Crippen LogP contribution < -0.4 is 16.2 Å². The van der Waals surface area contributed by atoms with E-state index in [-0.39, 0.29) is 16.2 Å². The molecule has 11 aromatic rings. The van der Waals surface area contributed by atoms with Crippen molar-refractivity contribution in [2.45, 2.75) is 71.6 Å². The summed E-state index contributed by atoms with van der Waals surface area (Å²) in [5.74, 6) is 0. The van der Waals surface area contributed by atoms with Crippen LogP contribution in [0.4, 0.5) is 11.4 Å². The predicted octanol–water partition coefficient (Wildman–Crippen LogP) is 15.1. The lowest BCUT2D eigenvalue weighted by atomic mass is 9.57. The number of fused-ring (bicyclic) bond motifs is 15. The highest BCUT2D eigenvalue weighted by Gasteiger charge is 2.43. The van der Waals surface area contributed by atoms with Crippen LogP contribution in [0, 0.1) is 0 Å². The van der Waals surface area contributed by atoms with Crippen LogP contribution in [0.15, 0.2) is 144 Å². The smallest absolute Gasteiger partial charge is 0.198 e. The highest BCUT2D eigenvalue weighted by atomic mass is 32.1. The minimum absolute atomic E-state index is 0.0183. The predicted molar refractivity (Wildman–Crippen MR) is 277 cm³/mol. The molecule has 0 radical (unpaired) electrons. The Morgan fingerprint density at radius 1 is 0.594 bits per heavy atom. The van der Waals surface area contributed by atoms with Gasteiger partial charge in [0, 0.05) is 81.3 Å². The molecule has 8 aromatic carbocycles. The van der Waals surface area contributed by atoms with Crippen LogP contribution in [0.25, 0.3) is 91.9 Å². The number of thiophene rings is 1. The number of anilines is 2. The lowest BCUT2D eigenvalue weighted by molar-refractivity contribution is 0.590. The fraction of sp³-hybridized carbons (Fsp3) is 0.186. The molecule has 0 unspecified atom stereocenters. The van der Waals surface area contributed by atoms with Gasteiger partial charge in [-0.3, -0.25) is 0 Å². The lowest BCUT2D eigenvalue weighted by Crippen LogP contribution is -2.38. The number of benzene rings is 8. The summed E-state index contributed by atoms with van der Waals surface area (Å²) in [5.41, 5.74) is 21.0. The first kappa shape index (κ1) is 38.0. The molecule has 2 aliphatic rings. The van der Waals surface area contributed by atoms with Gasteiger partial charge < -0.3 is 14.3 Å². The van der Waals surface area contributed by atoms with E-state index >= 15 is 0 Å². The highest BCUT2D eigenvalue weighted by Crippen LogP contribution is 2.58. The molecule has 64 heavy (non-hydrogen) atoms. The first-order valence-electron chi connectivity index (χ1n) is 22.8. The molecule has 0 amide bonds. The van der Waals surface area contributed by atoms with Gasteiger partial charge in [-0.2, -0.15) is 0 Å². The van der Waals surface area contributed by atoms with Crippen molar-refractivity contribution >= 4 is 105 Å². The molecule has 4 heterocycles. The monoisotopic (exact) mass is 844 g/mol. The van der Waals surface area contributed by atoms with E-state index in [1.165, 1.54) is 108 Å². The lowest BCUT2D eigenvalue weighted by Gasteiger charge is -2.30. The molecular formula is C59H49BN2OS. The molecule has 0 atom stereocenters. The highest BCUT2D eigenvalue weighted by molar-refractivity contribution is 7.25. The average molecular weight is 845 g/mol. The molecule has 310 valence electrons. The number of hydrogen-bond acceptors (Lipinski definition) is 3. The topological polar surface area (TPSA) is 30.1 Å². The normalized spacial score (nSPS) is 14.2. The average Bonchev–Trinajstić information content (AvgIpc) is 3.99. The molecule has 3 nitrogen and oxygen atoms in total. The second-order valence-electron chi connectivity index (χ2n) is 21.0. The van der Waals surface area contributed by atoms with Crippen molar-refractivity contribution in [2.24, 2.45) is 0 Å². The molecule has 3 aromatic heterocycles. The maximum Gasteiger partial charge on any atom is 0.198 e. The maximum atomic E-state index is 6.64. The Kier molecular flexibility index (Phi) is 7.59. The zero-order chi connectivity index (χ0) is 43.6. The Morgan fingerprint density at radius 3 is 2.11 bits per heavy atom. The van der Waals surface area contributed by atoms with Gasteiger partial charge in [0.05, 0.1) is 5.52 Å². The van der Waals surface area contributed by atoms with Crippen LogP contribution in [-0.4, -0.2) is 11.8 Å². The molecule has 0 bridgehead atoms. The SMILES string of the molecule is CC(C)(C)c1ccc(Nc2cc3c(cc2-c2c4c(c5c6cc(C(C)(C)C)ccc6n6c5c2Bc2cc5c(cc2-6)oc2ccccc25)-c2ccccc2C4(C)C)sc2ccccc23)cc1. The van der Waals surface area contributed by atoms with Crippen LogP contribution in [0.2, 0.25) is 0 Å². The zero-order valence-electron chi connectivity index (χ0n) is 37.7. The summed E-state index contributed by atoms with van der Waals surface area (Å²) in [7, 11) is 0.795. The number of para-hydroxylation sites is 1. The maximum absolute atomic E-state index is 6.64. The second-order valence-corrected chi connectivity index (χ2v) is 22.1. The third kappa shape index (κ3) is 5.22. The minimum atomic E-state index is -0.284. The number of nitrogens with zero attached hydrogens (tertiary/aromatic N) is 1. The van der Waals surface area contributed by atoms with E-state index in [4.69, 9.17) is 4.42 Å². The third-order valence-electron chi connectivity index (χ3n) is 14.7. The van der Waals surface area contributed by atoms with Crippen LogP contribution in [0.5, 0.6) is 0 Å². The van der Waals surface area contributed by atoms with Gasteiger partial charge in [0.25, 0.3) is 0 Å². The number of rotatable bonds is 3. The van der Waals surface area contributed by atoms with E-state index in [1.807, 2.05) is 11.3 Å². The first-order valence-corrected chi connectivity index (χ1v) is 23.6. The molecule has 0 fully saturated rings. The molecule has 1 aliphatic heterocycles. The van der Waals surface area contributed by atoms with Gasteiger partial charge in [0.1, 0.15) is 11.2 Å². The van der Waals surface area contributed by atoms with Crippen molar-refractivity contribution in [3.05, 3.63) is 162 Å². The Labute approximate surface area is 378 Å². The van der Waals surface area contributed by atoms with E-state index in [1.54, 1.807) is 0 Å². The molecule has 13 rings (SSSR count). The fourth-order valence-electron chi connectivity index (χ4n) is 11.4. The number of aromatic nitrogens is 1. The van der Waals surface area contributed by atoms with Crippen molar-refractivity contribution in [2.75, 3.05) is 5.32 Å². The van der Waals surface area contributed by atoms with E-state index in [9.17, 15) is 0 Å². The molecule has 5 heteroatoms. The number of furan rings is 1. The van der Waals surface area contributed by atoms with Crippen molar-refractivity contribution in [1.29, 1.82) is 0 Å². The minimum Gasteiger partial charge on any atom is -0.456 e. The standard InChI is InChI=1S/C59H49BN2OS/c1-57(2,3)32-21-24-34(25-22-32)61-44-29-39-36-16-11-14-20-49(36)64-50(39)30-40(44)53-54-51(37-17-9-12-18-42(37)59(54,7)8)52-41-27-33(58(4,5)6)23-26-45(41)62-46-31-48-38(28-43(46)60-55(53)56(52)62)35-15-10-13-19-47(35)63-48/h9-31,60-61H,1-8H3. The van der Waals surface area contributed by atoms with Crippen LogP contribution in [-0.2, 0) is 16.2 Å². The quantitative estimate of drug-likeness (QED) is 0.180. The van der Waals surface area contributed by atoms with Gasteiger partial charge >= 0.3 is 0 Å². The Balaban J connectivity index is 1.21. The Hall–Kier alpha value is -6.56. The summed E-state index contributed by atoms with van der Waals surface area (Å²) in [4.78, 5) is 0. The summed E-state index contributed by atoms with van der Waals surface area (Å²) < 4.78 is 11.9. The second kappa shape index (κ2) is 12.8. The molecule has 0 spiro atoms. The van der Waals surface area contributed by atoms with E-state index in [0.29, 0.717) is 0 Å². The third-order valence-corrected chi connectivity index (χ3v) is 15.8. The van der Waals surface area contributed by atoms with Gasteiger partial charge in [-0.05, 0) is 104 Å². The molecule has 1 aliphatic carbocycles. The van der Waals surface area contributed by atoms with Crippen molar-refractivity contribution in [1.82, 2.24) is 4.57 Å². The zero-order valence-corrected chi connectivity index (χ0v) is 38.6. The molecule has 0 saturated carbocycles. The van der Waals surface area contributed by atoms with Crippen LogP contribution >= 0.6 is 11.3 Å². The number of nitrogens with one attached hydrogen (secondary N) is 1. The summed E-state index contributed by atoms with van der Waals surface area (Å²) in [6, 6.07) is 52.7. The van der Waals surface area contributed by atoms with Gasteiger partial charge in [-0.1, -0.05) is 146 Å². The van der Waals surface area contributed by atoms with Gasteiger partial charge in [0.2, 0.25) is 0 Å². The van der Waals surface area contributed by atoms with Crippen LogP contribution in [0.1, 0.15) is 77.6 Å². The summed E-state index contributed by atoms with van der Waals surface area (Å²) in [6.45, 7) is 18.8. The van der Waals surface area contributed by atoms with Crippen molar-refractivity contribution < 1.29 is 4.42 Å². The fourth-order valence-corrected chi connectivity index (χ4v) is 12.6. The molecule has 1 N–H and O–H groups in total. The van der Waals surface area contributed by atoms with Crippen molar-refractivity contribution in [3.8, 4) is 27.9 Å². The van der Waals surface area contributed by atoms with E-state index in [0.717, 1.165) is 35.2 Å².